The zero-order valence-corrected chi connectivity index (χ0v) is 12.2. The first-order valence-electron chi connectivity index (χ1n) is 7.18. The van der Waals surface area contributed by atoms with Crippen molar-refractivity contribution in [1.29, 1.82) is 0 Å². The highest BCUT2D eigenvalue weighted by Gasteiger charge is 2.31. The van der Waals surface area contributed by atoms with Gasteiger partial charge in [0.05, 0.1) is 0 Å². The molecule has 0 saturated heterocycles. The van der Waals surface area contributed by atoms with Crippen molar-refractivity contribution < 1.29 is 22.6 Å². The lowest BCUT2D eigenvalue weighted by molar-refractivity contribution is -0.141. The lowest BCUT2D eigenvalue weighted by Gasteiger charge is -2.19. The number of fused-ring (bicyclic) bond motifs is 1. The first-order valence-corrected chi connectivity index (χ1v) is 7.18. The molecule has 2 aromatic rings. The Morgan fingerprint density at radius 2 is 1.83 bits per heavy atom. The van der Waals surface area contributed by atoms with E-state index < -0.39 is 11.9 Å². The summed E-state index contributed by atoms with van der Waals surface area (Å²) in [5.41, 5.74) is 0.734. The number of halogens is 3. The summed E-state index contributed by atoms with van der Waals surface area (Å²) >= 11 is 0. The van der Waals surface area contributed by atoms with Crippen LogP contribution in [0.2, 0.25) is 0 Å². The first kappa shape index (κ1) is 15.5. The Bertz CT molecular complexity index is 672. The minimum Gasteiger partial charge on any atom is -0.486 e. The molecule has 0 amide bonds. The summed E-state index contributed by atoms with van der Waals surface area (Å²) in [6.45, 7) is 1.64. The SMILES string of the molecule is FC(F)(F)c1ccc(CCNc2ccc3c(c2)OCCO3)cn1. The van der Waals surface area contributed by atoms with Gasteiger partial charge in [-0.25, -0.2) is 0 Å². The molecule has 1 aromatic carbocycles. The van der Waals surface area contributed by atoms with Crippen molar-refractivity contribution in [1.82, 2.24) is 4.98 Å². The minimum absolute atomic E-state index is 0.522. The predicted octanol–water partition coefficient (Wildman–Crippen LogP) is 3.53. The number of rotatable bonds is 4. The Hall–Kier alpha value is -2.44. The molecule has 0 unspecified atom stereocenters. The molecule has 122 valence electrons. The molecule has 0 bridgehead atoms. The maximum Gasteiger partial charge on any atom is 0.433 e. The van der Waals surface area contributed by atoms with Crippen LogP contribution in [0.5, 0.6) is 11.5 Å². The normalized spacial score (nSPS) is 13.7. The third-order valence-corrected chi connectivity index (χ3v) is 3.40. The largest absolute Gasteiger partial charge is 0.486 e. The van der Waals surface area contributed by atoms with Gasteiger partial charge >= 0.3 is 6.18 Å². The topological polar surface area (TPSA) is 43.4 Å². The highest BCUT2D eigenvalue weighted by Crippen LogP contribution is 2.32. The van der Waals surface area contributed by atoms with E-state index in [0.29, 0.717) is 37.7 Å². The van der Waals surface area contributed by atoms with E-state index in [0.717, 1.165) is 17.3 Å². The van der Waals surface area contributed by atoms with Gasteiger partial charge in [-0.3, -0.25) is 4.98 Å². The summed E-state index contributed by atoms with van der Waals surface area (Å²) < 4.78 is 48.2. The summed E-state index contributed by atoms with van der Waals surface area (Å²) in [6.07, 6.45) is -2.57. The van der Waals surface area contributed by atoms with Gasteiger partial charge in [0, 0.05) is 24.5 Å². The second kappa shape index (κ2) is 6.36. The quantitative estimate of drug-likeness (QED) is 0.934. The first-order chi connectivity index (χ1) is 11.0. The van der Waals surface area contributed by atoms with Gasteiger partial charge in [-0.2, -0.15) is 13.2 Å². The van der Waals surface area contributed by atoms with Crippen LogP contribution in [0.15, 0.2) is 36.5 Å². The molecule has 0 fully saturated rings. The summed E-state index contributed by atoms with van der Waals surface area (Å²) in [4.78, 5) is 3.44. The molecule has 1 aromatic heterocycles. The molecule has 0 aliphatic carbocycles. The molecule has 3 rings (SSSR count). The average Bonchev–Trinajstić information content (AvgIpc) is 2.54. The molecule has 7 heteroatoms. The number of nitrogens with zero attached hydrogens (tertiary/aromatic N) is 1. The van der Waals surface area contributed by atoms with E-state index >= 15 is 0 Å². The van der Waals surface area contributed by atoms with Crippen LogP contribution in [-0.2, 0) is 12.6 Å². The highest BCUT2D eigenvalue weighted by atomic mass is 19.4. The molecule has 1 aliphatic rings. The van der Waals surface area contributed by atoms with Crippen LogP contribution in [0.25, 0.3) is 0 Å². The molecule has 1 N–H and O–H groups in total. The van der Waals surface area contributed by atoms with Crippen molar-refractivity contribution in [2.75, 3.05) is 25.1 Å². The van der Waals surface area contributed by atoms with Gasteiger partial charge < -0.3 is 14.8 Å². The molecule has 23 heavy (non-hydrogen) atoms. The number of pyridine rings is 1. The second-order valence-corrected chi connectivity index (χ2v) is 5.08. The van der Waals surface area contributed by atoms with Gasteiger partial charge in [0.15, 0.2) is 11.5 Å². The van der Waals surface area contributed by atoms with Crippen LogP contribution in [0, 0.1) is 0 Å². The zero-order valence-electron chi connectivity index (χ0n) is 12.2. The van der Waals surface area contributed by atoms with Crippen molar-refractivity contribution in [2.45, 2.75) is 12.6 Å². The third kappa shape index (κ3) is 3.85. The Morgan fingerprint density at radius 3 is 2.52 bits per heavy atom. The van der Waals surface area contributed by atoms with E-state index in [1.807, 2.05) is 18.2 Å². The van der Waals surface area contributed by atoms with Crippen LogP contribution in [0.1, 0.15) is 11.3 Å². The van der Waals surface area contributed by atoms with E-state index in [1.54, 1.807) is 0 Å². The molecule has 1 aliphatic heterocycles. The molecule has 0 saturated carbocycles. The van der Waals surface area contributed by atoms with Gasteiger partial charge in [-0.05, 0) is 30.2 Å². The molecule has 0 radical (unpaired) electrons. The van der Waals surface area contributed by atoms with Gasteiger partial charge in [0.25, 0.3) is 0 Å². The van der Waals surface area contributed by atoms with Crippen molar-refractivity contribution in [3.8, 4) is 11.5 Å². The fourth-order valence-corrected chi connectivity index (χ4v) is 2.24. The summed E-state index contributed by atoms with van der Waals surface area (Å²) in [6, 6.07) is 8.00. The van der Waals surface area contributed by atoms with Crippen molar-refractivity contribution in [2.24, 2.45) is 0 Å². The van der Waals surface area contributed by atoms with Crippen LogP contribution in [0.4, 0.5) is 18.9 Å². The maximum atomic E-state index is 12.4. The number of ether oxygens (including phenoxy) is 2. The lowest BCUT2D eigenvalue weighted by Crippen LogP contribution is -2.15. The number of anilines is 1. The number of benzene rings is 1. The number of hydrogen-bond acceptors (Lipinski definition) is 4. The fourth-order valence-electron chi connectivity index (χ4n) is 2.24. The van der Waals surface area contributed by atoms with Crippen molar-refractivity contribution in [3.63, 3.8) is 0 Å². The molecule has 4 nitrogen and oxygen atoms in total. The Morgan fingerprint density at radius 1 is 1.04 bits per heavy atom. The second-order valence-electron chi connectivity index (χ2n) is 5.08. The standard InChI is InChI=1S/C16H15F3N2O2/c17-16(18,19)15-4-1-11(10-21-15)5-6-20-12-2-3-13-14(9-12)23-8-7-22-13/h1-4,9-10,20H,5-8H2. The van der Waals surface area contributed by atoms with Crippen LogP contribution in [-0.4, -0.2) is 24.7 Å². The minimum atomic E-state index is -4.40. The maximum absolute atomic E-state index is 12.4. The number of nitrogens with one attached hydrogen (secondary N) is 1. The Labute approximate surface area is 131 Å². The summed E-state index contributed by atoms with van der Waals surface area (Å²) in [5.74, 6) is 1.41. The summed E-state index contributed by atoms with van der Waals surface area (Å²) in [5, 5.41) is 3.20. The van der Waals surface area contributed by atoms with Crippen LogP contribution < -0.4 is 14.8 Å². The van der Waals surface area contributed by atoms with E-state index in [2.05, 4.69) is 10.3 Å². The smallest absolute Gasteiger partial charge is 0.433 e. The number of aromatic nitrogens is 1. The lowest BCUT2D eigenvalue weighted by atomic mass is 10.2. The molecular weight excluding hydrogens is 309 g/mol. The monoisotopic (exact) mass is 324 g/mol. The van der Waals surface area contributed by atoms with E-state index in [4.69, 9.17) is 9.47 Å². The van der Waals surface area contributed by atoms with Gasteiger partial charge in [0.2, 0.25) is 0 Å². The van der Waals surface area contributed by atoms with Crippen LogP contribution >= 0.6 is 0 Å². The third-order valence-electron chi connectivity index (χ3n) is 3.40. The number of hydrogen-bond donors (Lipinski definition) is 1. The van der Waals surface area contributed by atoms with E-state index in [-0.39, 0.29) is 0 Å². The molecule has 0 atom stereocenters. The molecular formula is C16H15F3N2O2. The van der Waals surface area contributed by atoms with Gasteiger partial charge in [-0.1, -0.05) is 6.07 Å². The predicted molar refractivity (Wildman–Crippen MR) is 78.9 cm³/mol. The average molecular weight is 324 g/mol. The number of alkyl halides is 3. The summed E-state index contributed by atoms with van der Waals surface area (Å²) in [7, 11) is 0. The highest BCUT2D eigenvalue weighted by molar-refractivity contribution is 5.55. The fraction of sp³-hybridized carbons (Fsp3) is 0.312. The van der Waals surface area contributed by atoms with Crippen molar-refractivity contribution in [3.05, 3.63) is 47.8 Å². The van der Waals surface area contributed by atoms with Gasteiger partial charge in [-0.15, -0.1) is 0 Å². The van der Waals surface area contributed by atoms with Crippen molar-refractivity contribution >= 4 is 5.69 Å². The van der Waals surface area contributed by atoms with E-state index in [1.165, 1.54) is 12.3 Å². The van der Waals surface area contributed by atoms with E-state index in [9.17, 15) is 13.2 Å². The zero-order chi connectivity index (χ0) is 16.3. The Kier molecular flexibility index (Phi) is 4.27. The molecule has 0 spiro atoms. The van der Waals surface area contributed by atoms with Gasteiger partial charge in [0.1, 0.15) is 18.9 Å². The van der Waals surface area contributed by atoms with Crippen LogP contribution in [0.3, 0.4) is 0 Å². The molecule has 2 heterocycles. The Balaban J connectivity index is 1.55.